The van der Waals surface area contributed by atoms with Gasteiger partial charge in [0.2, 0.25) is 0 Å². The molecule has 1 N–H and O–H groups in total. The van der Waals surface area contributed by atoms with Crippen molar-refractivity contribution in [3.05, 3.63) is 0 Å². The molecule has 0 rings (SSSR count). The maximum Gasteiger partial charge on any atom is 0.410 e. The van der Waals surface area contributed by atoms with Gasteiger partial charge in [-0.15, -0.1) is 0 Å². The maximum absolute atomic E-state index is 12.3. The Bertz CT molecular complexity index is 320. The smallest absolute Gasteiger partial charge is 0.410 e. The average molecular weight is 315 g/mol. The molecule has 0 spiro atoms. The molecule has 0 aliphatic heterocycles. The second-order valence-corrected chi connectivity index (χ2v) is 5.89. The Hall–Kier alpha value is -1.26. The Morgan fingerprint density at radius 1 is 1.05 bits per heavy atom. The number of hydrogen-bond acceptors (Lipinski definition) is 3. The Balaban J connectivity index is 4.86. The maximum atomic E-state index is 12.3. The van der Waals surface area contributed by atoms with Crippen LogP contribution >= 0.6 is 0 Å². The number of hydrogen-bond donors (Lipinski definition) is 1. The predicted octanol–water partition coefficient (Wildman–Crippen LogP) is 4.30. The number of carbonyl (C=O) groups is 2. The van der Waals surface area contributed by atoms with Crippen LogP contribution in [0, 0.1) is 5.92 Å². The molecule has 0 saturated carbocycles. The first kappa shape index (κ1) is 20.7. The van der Waals surface area contributed by atoms with E-state index < -0.39 is 18.1 Å². The lowest BCUT2D eigenvalue weighted by Crippen LogP contribution is -2.49. The van der Waals surface area contributed by atoms with Crippen LogP contribution in [0.1, 0.15) is 72.6 Å². The molecule has 0 aliphatic carbocycles. The summed E-state index contributed by atoms with van der Waals surface area (Å²) in [7, 11) is 0. The van der Waals surface area contributed by atoms with Crippen molar-refractivity contribution in [1.82, 2.24) is 4.90 Å². The lowest BCUT2D eigenvalue weighted by Gasteiger charge is -2.31. The summed E-state index contributed by atoms with van der Waals surface area (Å²) in [5, 5.41) is 9.52. The van der Waals surface area contributed by atoms with Crippen LogP contribution in [0.3, 0.4) is 0 Å². The highest BCUT2D eigenvalue weighted by Crippen LogP contribution is 2.18. The number of amides is 1. The zero-order valence-electron chi connectivity index (χ0n) is 14.6. The van der Waals surface area contributed by atoms with E-state index in [0.717, 1.165) is 38.5 Å². The van der Waals surface area contributed by atoms with Gasteiger partial charge in [0, 0.05) is 6.54 Å². The van der Waals surface area contributed by atoms with E-state index in [0.29, 0.717) is 19.6 Å². The van der Waals surface area contributed by atoms with Crippen molar-refractivity contribution in [1.29, 1.82) is 0 Å². The van der Waals surface area contributed by atoms with E-state index in [1.165, 1.54) is 4.90 Å². The van der Waals surface area contributed by atoms with Crippen molar-refractivity contribution in [2.24, 2.45) is 5.92 Å². The molecule has 2 atom stereocenters. The van der Waals surface area contributed by atoms with E-state index in [-0.39, 0.29) is 5.92 Å². The summed E-state index contributed by atoms with van der Waals surface area (Å²) in [6.07, 6.45) is 5.99. The largest absolute Gasteiger partial charge is 0.480 e. The molecule has 5 nitrogen and oxygen atoms in total. The SMILES string of the molecule is CCCCCCN(C(=O)OCCCC)C(C(=O)O)C(C)CC. The lowest BCUT2D eigenvalue weighted by molar-refractivity contribution is -0.144. The first-order valence-corrected chi connectivity index (χ1v) is 8.65. The fraction of sp³-hybridized carbons (Fsp3) is 0.882. The fourth-order valence-electron chi connectivity index (χ4n) is 2.35. The zero-order chi connectivity index (χ0) is 17.0. The summed E-state index contributed by atoms with van der Waals surface area (Å²) in [6.45, 7) is 8.76. The van der Waals surface area contributed by atoms with Crippen molar-refractivity contribution < 1.29 is 19.4 Å². The summed E-state index contributed by atoms with van der Waals surface area (Å²) < 4.78 is 5.25. The van der Waals surface area contributed by atoms with Crippen molar-refractivity contribution in [2.75, 3.05) is 13.2 Å². The minimum atomic E-state index is -0.947. The summed E-state index contributed by atoms with van der Waals surface area (Å²) in [4.78, 5) is 25.3. The Kier molecular flexibility index (Phi) is 11.6. The van der Waals surface area contributed by atoms with Crippen molar-refractivity contribution >= 4 is 12.1 Å². The summed E-state index contributed by atoms with van der Waals surface area (Å²) in [6, 6.07) is -0.805. The van der Waals surface area contributed by atoms with Crippen LogP contribution in [-0.2, 0) is 9.53 Å². The van der Waals surface area contributed by atoms with Gasteiger partial charge >= 0.3 is 12.1 Å². The molecule has 0 radical (unpaired) electrons. The standard InChI is InChI=1S/C17H33NO4/c1-5-8-10-11-12-18(17(21)22-13-9-6-2)15(16(19)20)14(4)7-3/h14-15H,5-13H2,1-4H3,(H,19,20). The minimum Gasteiger partial charge on any atom is -0.480 e. The van der Waals surface area contributed by atoms with Gasteiger partial charge in [-0.1, -0.05) is 59.8 Å². The summed E-state index contributed by atoms with van der Waals surface area (Å²) in [5.41, 5.74) is 0. The average Bonchev–Trinajstić information content (AvgIpc) is 2.49. The summed E-state index contributed by atoms with van der Waals surface area (Å²) in [5.74, 6) is -1.04. The van der Waals surface area contributed by atoms with Gasteiger partial charge in [0.25, 0.3) is 0 Å². The number of rotatable bonds is 12. The first-order valence-electron chi connectivity index (χ1n) is 8.65. The molecule has 0 heterocycles. The Morgan fingerprint density at radius 2 is 1.68 bits per heavy atom. The number of carbonyl (C=O) groups excluding carboxylic acids is 1. The van der Waals surface area contributed by atoms with E-state index in [1.807, 2.05) is 20.8 Å². The minimum absolute atomic E-state index is 0.0950. The van der Waals surface area contributed by atoms with Crippen LogP contribution < -0.4 is 0 Å². The highest BCUT2D eigenvalue weighted by Gasteiger charge is 2.34. The molecule has 130 valence electrons. The molecule has 1 amide bonds. The topological polar surface area (TPSA) is 66.8 Å². The molecule has 5 heteroatoms. The Morgan fingerprint density at radius 3 is 2.18 bits per heavy atom. The normalized spacial score (nSPS) is 13.5. The van der Waals surface area contributed by atoms with Gasteiger partial charge < -0.3 is 9.84 Å². The van der Waals surface area contributed by atoms with Gasteiger partial charge in [0.15, 0.2) is 0 Å². The van der Waals surface area contributed by atoms with Crippen molar-refractivity contribution in [2.45, 2.75) is 78.7 Å². The second-order valence-electron chi connectivity index (χ2n) is 5.89. The zero-order valence-corrected chi connectivity index (χ0v) is 14.6. The van der Waals surface area contributed by atoms with E-state index in [1.54, 1.807) is 0 Å². The molecule has 0 saturated heterocycles. The molecule has 0 aliphatic rings. The van der Waals surface area contributed by atoms with Crippen molar-refractivity contribution in [3.63, 3.8) is 0 Å². The first-order chi connectivity index (χ1) is 10.5. The van der Waals surface area contributed by atoms with Crippen molar-refractivity contribution in [3.8, 4) is 0 Å². The van der Waals surface area contributed by atoms with Crippen LogP contribution in [0.15, 0.2) is 0 Å². The molecule has 2 unspecified atom stereocenters. The molecule has 0 bridgehead atoms. The highest BCUT2D eigenvalue weighted by atomic mass is 16.6. The Labute approximate surface area is 135 Å². The number of carboxylic acids is 1. The predicted molar refractivity (Wildman–Crippen MR) is 88.0 cm³/mol. The van der Waals surface area contributed by atoms with Crippen LogP contribution in [0.2, 0.25) is 0 Å². The molecule has 0 aromatic heterocycles. The summed E-state index contributed by atoms with van der Waals surface area (Å²) >= 11 is 0. The van der Waals surface area contributed by atoms with E-state index in [4.69, 9.17) is 4.74 Å². The van der Waals surface area contributed by atoms with Crippen LogP contribution in [0.4, 0.5) is 4.79 Å². The number of carboxylic acid groups (broad SMARTS) is 1. The van der Waals surface area contributed by atoms with Gasteiger partial charge in [-0.2, -0.15) is 0 Å². The van der Waals surface area contributed by atoms with Crippen LogP contribution in [-0.4, -0.2) is 41.3 Å². The molecular formula is C17H33NO4. The number of unbranched alkanes of at least 4 members (excludes halogenated alkanes) is 4. The third kappa shape index (κ3) is 7.66. The quantitative estimate of drug-likeness (QED) is 0.545. The van der Waals surface area contributed by atoms with Gasteiger partial charge in [0.1, 0.15) is 6.04 Å². The third-order valence-electron chi connectivity index (χ3n) is 3.98. The molecule has 0 aromatic rings. The highest BCUT2D eigenvalue weighted by molar-refractivity contribution is 5.80. The van der Waals surface area contributed by atoms with Crippen LogP contribution in [0.25, 0.3) is 0 Å². The van der Waals surface area contributed by atoms with E-state index in [2.05, 4.69) is 6.92 Å². The molecule has 22 heavy (non-hydrogen) atoms. The monoisotopic (exact) mass is 315 g/mol. The number of nitrogens with zero attached hydrogens (tertiary/aromatic N) is 1. The van der Waals surface area contributed by atoms with Gasteiger partial charge in [-0.25, -0.2) is 9.59 Å². The van der Waals surface area contributed by atoms with E-state index >= 15 is 0 Å². The van der Waals surface area contributed by atoms with Gasteiger partial charge in [0.05, 0.1) is 6.61 Å². The molecular weight excluding hydrogens is 282 g/mol. The second kappa shape index (κ2) is 12.3. The van der Waals surface area contributed by atoms with Crippen LogP contribution in [0.5, 0.6) is 0 Å². The van der Waals surface area contributed by atoms with E-state index in [9.17, 15) is 14.7 Å². The number of aliphatic carboxylic acids is 1. The molecule has 0 aromatic carbocycles. The fourth-order valence-corrected chi connectivity index (χ4v) is 2.35. The van der Waals surface area contributed by atoms with Gasteiger partial charge in [-0.05, 0) is 18.8 Å². The van der Waals surface area contributed by atoms with Gasteiger partial charge in [-0.3, -0.25) is 4.90 Å². The number of ether oxygens (including phenoxy) is 1. The third-order valence-corrected chi connectivity index (χ3v) is 3.98. The molecule has 0 fully saturated rings. The lowest BCUT2D eigenvalue weighted by atomic mass is 9.97.